The zero-order chi connectivity index (χ0) is 21.2. The SMILES string of the molecule is Cc1ccc(-c2ccc3c(CCNS(=O)(=O)N(C)C)cn(CC(C)C)c3c2)cc1. The molecular weight excluding hydrogens is 382 g/mol. The minimum absolute atomic E-state index is 0.376. The zero-order valence-electron chi connectivity index (χ0n) is 17.9. The van der Waals surface area contributed by atoms with Crippen LogP contribution in [0.3, 0.4) is 0 Å². The Kier molecular flexibility index (Phi) is 6.46. The summed E-state index contributed by atoms with van der Waals surface area (Å²) in [5.74, 6) is 0.522. The molecule has 0 aliphatic carbocycles. The van der Waals surface area contributed by atoms with Gasteiger partial charge in [0.1, 0.15) is 0 Å². The molecule has 1 N–H and O–H groups in total. The van der Waals surface area contributed by atoms with Gasteiger partial charge in [0.15, 0.2) is 0 Å². The van der Waals surface area contributed by atoms with E-state index in [4.69, 9.17) is 0 Å². The Balaban J connectivity index is 1.93. The molecule has 0 amide bonds. The van der Waals surface area contributed by atoms with Crippen LogP contribution >= 0.6 is 0 Å². The molecular formula is C23H31N3O2S. The maximum absolute atomic E-state index is 12.0. The highest BCUT2D eigenvalue weighted by atomic mass is 32.2. The largest absolute Gasteiger partial charge is 0.347 e. The molecule has 0 fully saturated rings. The zero-order valence-corrected chi connectivity index (χ0v) is 18.8. The van der Waals surface area contributed by atoms with E-state index < -0.39 is 10.2 Å². The van der Waals surface area contributed by atoms with Crippen molar-refractivity contribution in [2.45, 2.75) is 33.7 Å². The highest BCUT2D eigenvalue weighted by Gasteiger charge is 2.14. The Labute approximate surface area is 174 Å². The molecule has 0 radical (unpaired) electrons. The second kappa shape index (κ2) is 8.69. The molecule has 0 unspecified atom stereocenters. The quantitative estimate of drug-likeness (QED) is 0.601. The number of aromatic nitrogens is 1. The summed E-state index contributed by atoms with van der Waals surface area (Å²) < 4.78 is 30.1. The Morgan fingerprint density at radius 3 is 2.31 bits per heavy atom. The molecule has 0 aliphatic rings. The van der Waals surface area contributed by atoms with Crippen molar-refractivity contribution in [3.8, 4) is 11.1 Å². The fourth-order valence-electron chi connectivity index (χ4n) is 3.48. The van der Waals surface area contributed by atoms with Crippen LogP contribution in [0.4, 0.5) is 0 Å². The first-order chi connectivity index (χ1) is 13.7. The first-order valence-corrected chi connectivity index (χ1v) is 11.5. The average Bonchev–Trinajstić information content (AvgIpc) is 2.98. The highest BCUT2D eigenvalue weighted by Crippen LogP contribution is 2.29. The van der Waals surface area contributed by atoms with E-state index in [0.717, 1.165) is 12.1 Å². The molecule has 1 aromatic heterocycles. The highest BCUT2D eigenvalue weighted by molar-refractivity contribution is 7.87. The lowest BCUT2D eigenvalue weighted by molar-refractivity contribution is 0.506. The fraction of sp³-hybridized carbons (Fsp3) is 0.391. The van der Waals surface area contributed by atoms with E-state index in [0.29, 0.717) is 18.9 Å². The second-order valence-corrected chi connectivity index (χ2v) is 10.2. The van der Waals surface area contributed by atoms with Crippen molar-refractivity contribution < 1.29 is 8.42 Å². The number of fused-ring (bicyclic) bond motifs is 1. The third kappa shape index (κ3) is 5.07. The molecule has 0 saturated heterocycles. The summed E-state index contributed by atoms with van der Waals surface area (Å²) in [5, 5.41) is 1.19. The minimum Gasteiger partial charge on any atom is -0.347 e. The van der Waals surface area contributed by atoms with Crippen LogP contribution in [0.5, 0.6) is 0 Å². The molecule has 0 bridgehead atoms. The van der Waals surface area contributed by atoms with Gasteiger partial charge in [-0.05, 0) is 42.0 Å². The molecule has 29 heavy (non-hydrogen) atoms. The van der Waals surface area contributed by atoms with Crippen LogP contribution in [0, 0.1) is 12.8 Å². The third-order valence-electron chi connectivity index (χ3n) is 5.07. The van der Waals surface area contributed by atoms with Crippen LogP contribution in [0.25, 0.3) is 22.0 Å². The monoisotopic (exact) mass is 413 g/mol. The Hall–Kier alpha value is -2.15. The molecule has 0 aliphatic heterocycles. The van der Waals surface area contributed by atoms with Crippen molar-refractivity contribution in [3.05, 3.63) is 59.8 Å². The van der Waals surface area contributed by atoms with Crippen molar-refractivity contribution in [2.75, 3.05) is 20.6 Å². The summed E-state index contributed by atoms with van der Waals surface area (Å²) in [5.41, 5.74) is 6.01. The average molecular weight is 414 g/mol. The summed E-state index contributed by atoms with van der Waals surface area (Å²) in [6.07, 6.45) is 2.83. The minimum atomic E-state index is -3.40. The van der Waals surface area contributed by atoms with Gasteiger partial charge in [-0.2, -0.15) is 12.7 Å². The standard InChI is InChI=1S/C23H31N3O2S/c1-17(2)15-26-16-21(12-13-24-29(27,28)25(4)5)22-11-10-20(14-23(22)26)19-8-6-18(3)7-9-19/h6-11,14,16-17,24H,12-13,15H2,1-5H3. The van der Waals surface area contributed by atoms with Gasteiger partial charge in [-0.3, -0.25) is 0 Å². The Morgan fingerprint density at radius 2 is 1.69 bits per heavy atom. The molecule has 156 valence electrons. The van der Waals surface area contributed by atoms with E-state index in [1.807, 2.05) is 0 Å². The fourth-order valence-corrected chi connectivity index (χ4v) is 4.10. The number of nitrogens with zero attached hydrogens (tertiary/aromatic N) is 2. The molecule has 0 spiro atoms. The van der Waals surface area contributed by atoms with Crippen LogP contribution in [-0.2, 0) is 23.2 Å². The van der Waals surface area contributed by atoms with Gasteiger partial charge < -0.3 is 4.57 Å². The predicted molar refractivity (Wildman–Crippen MR) is 121 cm³/mol. The molecule has 3 rings (SSSR count). The van der Waals surface area contributed by atoms with E-state index in [-0.39, 0.29) is 0 Å². The van der Waals surface area contributed by atoms with E-state index in [1.165, 1.54) is 46.0 Å². The van der Waals surface area contributed by atoms with Crippen molar-refractivity contribution in [3.63, 3.8) is 0 Å². The molecule has 0 saturated carbocycles. The number of hydrogen-bond donors (Lipinski definition) is 1. The number of hydrogen-bond acceptors (Lipinski definition) is 2. The van der Waals surface area contributed by atoms with Gasteiger partial charge in [0, 0.05) is 44.3 Å². The van der Waals surface area contributed by atoms with E-state index in [1.54, 1.807) is 0 Å². The molecule has 3 aromatic rings. The molecule has 6 heteroatoms. The van der Waals surface area contributed by atoms with Gasteiger partial charge in [-0.1, -0.05) is 55.8 Å². The lowest BCUT2D eigenvalue weighted by atomic mass is 10.0. The Morgan fingerprint density at radius 1 is 1.03 bits per heavy atom. The summed E-state index contributed by atoms with van der Waals surface area (Å²) in [6.45, 7) is 7.82. The first kappa shape index (κ1) is 21.6. The van der Waals surface area contributed by atoms with Crippen molar-refractivity contribution in [1.82, 2.24) is 13.6 Å². The van der Waals surface area contributed by atoms with Crippen LogP contribution in [0.15, 0.2) is 48.7 Å². The van der Waals surface area contributed by atoms with E-state index in [9.17, 15) is 8.42 Å². The normalized spacial score (nSPS) is 12.4. The van der Waals surface area contributed by atoms with Gasteiger partial charge >= 0.3 is 0 Å². The van der Waals surface area contributed by atoms with Crippen molar-refractivity contribution >= 4 is 21.1 Å². The Bertz CT molecular complexity index is 1080. The summed E-state index contributed by atoms with van der Waals surface area (Å²) in [7, 11) is -0.341. The van der Waals surface area contributed by atoms with Gasteiger partial charge in [-0.25, -0.2) is 4.72 Å². The van der Waals surface area contributed by atoms with E-state index in [2.05, 4.69) is 78.7 Å². The van der Waals surface area contributed by atoms with Gasteiger partial charge in [0.2, 0.25) is 0 Å². The van der Waals surface area contributed by atoms with Crippen molar-refractivity contribution in [1.29, 1.82) is 0 Å². The number of benzene rings is 2. The maximum Gasteiger partial charge on any atom is 0.278 e. The van der Waals surface area contributed by atoms with Gasteiger partial charge in [0.25, 0.3) is 10.2 Å². The summed E-state index contributed by atoms with van der Waals surface area (Å²) in [6, 6.07) is 15.1. The number of nitrogens with one attached hydrogen (secondary N) is 1. The molecule has 1 heterocycles. The van der Waals surface area contributed by atoms with Gasteiger partial charge in [0.05, 0.1) is 0 Å². The number of aryl methyl sites for hydroxylation is 1. The van der Waals surface area contributed by atoms with Crippen LogP contribution in [-0.4, -0.2) is 37.9 Å². The van der Waals surface area contributed by atoms with Crippen LogP contribution in [0.1, 0.15) is 25.0 Å². The lowest BCUT2D eigenvalue weighted by Gasteiger charge is -2.11. The molecule has 2 aromatic carbocycles. The first-order valence-electron chi connectivity index (χ1n) is 10.0. The van der Waals surface area contributed by atoms with Crippen molar-refractivity contribution in [2.24, 2.45) is 5.92 Å². The molecule has 5 nitrogen and oxygen atoms in total. The summed E-state index contributed by atoms with van der Waals surface area (Å²) in [4.78, 5) is 0. The van der Waals surface area contributed by atoms with E-state index >= 15 is 0 Å². The van der Waals surface area contributed by atoms with Crippen LogP contribution in [0.2, 0.25) is 0 Å². The van der Waals surface area contributed by atoms with Gasteiger partial charge in [-0.15, -0.1) is 0 Å². The lowest BCUT2D eigenvalue weighted by Crippen LogP contribution is -2.36. The molecule has 0 atom stereocenters. The topological polar surface area (TPSA) is 54.3 Å². The smallest absolute Gasteiger partial charge is 0.278 e. The van der Waals surface area contributed by atoms with Crippen LogP contribution < -0.4 is 4.72 Å². The number of rotatable bonds is 8. The predicted octanol–water partition coefficient (Wildman–Crippen LogP) is 4.21. The second-order valence-electron chi connectivity index (χ2n) is 8.23. The summed E-state index contributed by atoms with van der Waals surface area (Å²) >= 11 is 0. The maximum atomic E-state index is 12.0. The third-order valence-corrected chi connectivity index (χ3v) is 6.60.